The van der Waals surface area contributed by atoms with Crippen molar-refractivity contribution in [3.8, 4) is 78.4 Å². The normalized spacial score (nSPS) is 12.7. The van der Waals surface area contributed by atoms with E-state index in [0.717, 1.165) is 39.3 Å². The van der Waals surface area contributed by atoms with Gasteiger partial charge in [-0.2, -0.15) is 0 Å². The summed E-state index contributed by atoms with van der Waals surface area (Å²) in [5.74, 6) is 0.719. The Kier molecular flexibility index (Phi) is 7.85. The van der Waals surface area contributed by atoms with Crippen LogP contribution in [-0.4, -0.2) is 9.97 Å². The second-order valence-electron chi connectivity index (χ2n) is 15.0. The van der Waals surface area contributed by atoms with E-state index >= 15 is 0 Å². The van der Waals surface area contributed by atoms with Gasteiger partial charge in [-0.15, -0.1) is 0 Å². The minimum absolute atomic E-state index is 0.0978. The topological polar surface area (TPSA) is 25.8 Å². The van der Waals surface area contributed by atoms with Gasteiger partial charge in [0.1, 0.15) is 0 Å². The number of nitrogens with zero attached hydrogens (tertiary/aromatic N) is 2. The van der Waals surface area contributed by atoms with Gasteiger partial charge in [-0.1, -0.05) is 190 Å². The molecule has 0 fully saturated rings. The van der Waals surface area contributed by atoms with Crippen LogP contribution in [0.4, 0.5) is 0 Å². The number of rotatable bonds is 6. The fraction of sp³-hybridized carbons (Fsp3) is 0.0566. The van der Waals surface area contributed by atoms with Crippen LogP contribution in [0.5, 0.6) is 0 Å². The maximum absolute atomic E-state index is 5.15. The molecule has 0 radical (unpaired) electrons. The minimum Gasteiger partial charge on any atom is -0.228 e. The van der Waals surface area contributed by atoms with E-state index in [2.05, 4.69) is 184 Å². The van der Waals surface area contributed by atoms with Gasteiger partial charge >= 0.3 is 0 Å². The summed E-state index contributed by atoms with van der Waals surface area (Å²) in [4.78, 5) is 10.2. The van der Waals surface area contributed by atoms with Gasteiger partial charge in [0.05, 0.1) is 11.4 Å². The number of aromatic nitrogens is 2. The van der Waals surface area contributed by atoms with Crippen molar-refractivity contribution in [3.63, 3.8) is 0 Å². The highest BCUT2D eigenvalue weighted by atomic mass is 14.9. The zero-order chi connectivity index (χ0) is 36.9. The maximum Gasteiger partial charge on any atom is 0.160 e. The van der Waals surface area contributed by atoms with Gasteiger partial charge < -0.3 is 0 Å². The molecule has 260 valence electrons. The molecule has 1 aliphatic carbocycles. The summed E-state index contributed by atoms with van der Waals surface area (Å²) < 4.78 is 0. The first-order chi connectivity index (χ1) is 27.0. The van der Waals surface area contributed by atoms with Crippen molar-refractivity contribution >= 4 is 10.8 Å². The van der Waals surface area contributed by atoms with Crippen LogP contribution in [-0.2, 0) is 5.41 Å². The molecule has 2 nitrogen and oxygen atoms in total. The van der Waals surface area contributed by atoms with Crippen LogP contribution < -0.4 is 0 Å². The molecule has 9 aromatic rings. The molecule has 1 aromatic heterocycles. The van der Waals surface area contributed by atoms with E-state index < -0.39 is 0 Å². The van der Waals surface area contributed by atoms with Crippen LogP contribution >= 0.6 is 0 Å². The van der Waals surface area contributed by atoms with Crippen molar-refractivity contribution in [1.82, 2.24) is 9.97 Å². The Morgan fingerprint density at radius 3 is 1.33 bits per heavy atom. The van der Waals surface area contributed by atoms with Gasteiger partial charge in [0.15, 0.2) is 5.82 Å². The first-order valence-corrected chi connectivity index (χ1v) is 19.0. The van der Waals surface area contributed by atoms with Gasteiger partial charge in [-0.25, -0.2) is 9.97 Å². The maximum atomic E-state index is 5.15. The number of benzene rings is 8. The van der Waals surface area contributed by atoms with Crippen molar-refractivity contribution in [3.05, 3.63) is 205 Å². The zero-order valence-electron chi connectivity index (χ0n) is 30.9. The Morgan fingerprint density at radius 1 is 0.309 bits per heavy atom. The fourth-order valence-corrected chi connectivity index (χ4v) is 8.40. The lowest BCUT2D eigenvalue weighted by Gasteiger charge is -2.22. The van der Waals surface area contributed by atoms with Crippen molar-refractivity contribution in [1.29, 1.82) is 0 Å². The van der Waals surface area contributed by atoms with Crippen LogP contribution in [0.3, 0.4) is 0 Å². The number of hydrogen-bond donors (Lipinski definition) is 0. The Balaban J connectivity index is 1.00. The fourth-order valence-electron chi connectivity index (χ4n) is 8.40. The molecule has 2 heteroatoms. The third-order valence-corrected chi connectivity index (χ3v) is 11.3. The molecule has 10 rings (SSSR count). The van der Waals surface area contributed by atoms with E-state index in [0.29, 0.717) is 0 Å². The number of hydrogen-bond acceptors (Lipinski definition) is 2. The Morgan fingerprint density at radius 2 is 0.727 bits per heavy atom. The van der Waals surface area contributed by atoms with Crippen LogP contribution in [0.15, 0.2) is 194 Å². The summed E-state index contributed by atoms with van der Waals surface area (Å²) in [5.41, 5.74) is 17.7. The molecule has 0 saturated carbocycles. The summed E-state index contributed by atoms with van der Waals surface area (Å²) in [6.45, 7) is 4.72. The average Bonchev–Trinajstić information content (AvgIpc) is 3.48. The lowest BCUT2D eigenvalue weighted by atomic mass is 9.81. The summed E-state index contributed by atoms with van der Waals surface area (Å²) in [6.07, 6.45) is 0. The molecule has 0 aliphatic heterocycles. The largest absolute Gasteiger partial charge is 0.228 e. The summed E-state index contributed by atoms with van der Waals surface area (Å²) in [5, 5.41) is 2.36. The van der Waals surface area contributed by atoms with E-state index in [-0.39, 0.29) is 5.41 Å². The van der Waals surface area contributed by atoms with E-state index in [1.165, 1.54) is 61.0 Å². The first-order valence-electron chi connectivity index (χ1n) is 19.0. The molecule has 0 unspecified atom stereocenters. The van der Waals surface area contributed by atoms with Crippen LogP contribution in [0.2, 0.25) is 0 Å². The molecule has 0 bridgehead atoms. The van der Waals surface area contributed by atoms with Crippen LogP contribution in [0, 0.1) is 0 Å². The molecule has 1 heterocycles. The molecule has 0 N–H and O–H groups in total. The Labute approximate surface area is 322 Å². The van der Waals surface area contributed by atoms with Gasteiger partial charge in [-0.3, -0.25) is 0 Å². The Bertz CT molecular complexity index is 2800. The molecular formula is C53H38N2. The smallest absolute Gasteiger partial charge is 0.160 e. The quantitative estimate of drug-likeness (QED) is 0.172. The monoisotopic (exact) mass is 702 g/mol. The predicted octanol–water partition coefficient (Wildman–Crippen LogP) is 13.9. The Hall–Kier alpha value is -6.90. The lowest BCUT2D eigenvalue weighted by Crippen LogP contribution is -2.15. The minimum atomic E-state index is -0.0978. The molecule has 0 saturated heterocycles. The SMILES string of the molecule is CC1(C)c2cc(-c3ccccc3)ccc2-c2ccc(-c3ccc(-c4ccc(-c5cc(-c6ccccc6)nc(-c6ccccc6)n5)c5ccccc45)cc3)cc21. The van der Waals surface area contributed by atoms with Gasteiger partial charge in [0.2, 0.25) is 0 Å². The van der Waals surface area contributed by atoms with Crippen LogP contribution in [0.1, 0.15) is 25.0 Å². The summed E-state index contributed by atoms with van der Waals surface area (Å²) in [6, 6.07) is 69.6. The van der Waals surface area contributed by atoms with Gasteiger partial charge in [0, 0.05) is 22.1 Å². The second kappa shape index (κ2) is 13.2. The van der Waals surface area contributed by atoms with Crippen LogP contribution in [0.25, 0.3) is 89.2 Å². The van der Waals surface area contributed by atoms with Crippen molar-refractivity contribution in [2.45, 2.75) is 19.3 Å². The standard InChI is InChI=1S/C53H38N2/c1-53(2)48-32-40(35-14-6-3-7-15-35)26-28-45(48)46-29-27-41(33-49(46)53)36-22-24-37(25-23-36)42-30-31-47(44-21-13-12-20-43(42)44)51-34-50(38-16-8-4-9-17-38)54-52(55-51)39-18-10-5-11-19-39/h3-34H,1-2H3. The molecule has 1 aliphatic rings. The van der Waals surface area contributed by atoms with Gasteiger partial charge in [-0.05, 0) is 84.6 Å². The van der Waals surface area contributed by atoms with Crippen molar-refractivity contribution in [2.75, 3.05) is 0 Å². The third kappa shape index (κ3) is 5.75. The van der Waals surface area contributed by atoms with E-state index in [1.807, 2.05) is 24.3 Å². The predicted molar refractivity (Wildman–Crippen MR) is 230 cm³/mol. The first kappa shape index (κ1) is 32.7. The highest BCUT2D eigenvalue weighted by Gasteiger charge is 2.36. The summed E-state index contributed by atoms with van der Waals surface area (Å²) >= 11 is 0. The second-order valence-corrected chi connectivity index (χ2v) is 15.0. The molecule has 0 amide bonds. The highest BCUT2D eigenvalue weighted by Crippen LogP contribution is 2.50. The molecule has 8 aromatic carbocycles. The molecule has 55 heavy (non-hydrogen) atoms. The van der Waals surface area contributed by atoms with Crippen molar-refractivity contribution < 1.29 is 0 Å². The van der Waals surface area contributed by atoms with E-state index in [9.17, 15) is 0 Å². The van der Waals surface area contributed by atoms with Crippen molar-refractivity contribution in [2.24, 2.45) is 0 Å². The van der Waals surface area contributed by atoms with E-state index in [1.54, 1.807) is 0 Å². The third-order valence-electron chi connectivity index (χ3n) is 11.3. The summed E-state index contributed by atoms with van der Waals surface area (Å²) in [7, 11) is 0. The highest BCUT2D eigenvalue weighted by molar-refractivity contribution is 6.05. The van der Waals surface area contributed by atoms with Gasteiger partial charge in [0.25, 0.3) is 0 Å². The molecular weight excluding hydrogens is 665 g/mol. The molecule has 0 spiro atoms. The number of fused-ring (bicyclic) bond motifs is 4. The average molecular weight is 703 g/mol. The molecule has 0 atom stereocenters. The lowest BCUT2D eigenvalue weighted by molar-refractivity contribution is 0.661. The van der Waals surface area contributed by atoms with E-state index in [4.69, 9.17) is 9.97 Å². The zero-order valence-corrected chi connectivity index (χ0v) is 30.9.